The van der Waals surface area contributed by atoms with Gasteiger partial charge in [0.15, 0.2) is 0 Å². The van der Waals surface area contributed by atoms with E-state index in [0.717, 1.165) is 0 Å². The molecule has 0 aliphatic carbocycles. The molecule has 0 spiro atoms. The molecule has 2 amide bonds. The summed E-state index contributed by atoms with van der Waals surface area (Å²) in [4.78, 5) is 37.5. The number of aromatic hydroxyl groups is 1. The van der Waals surface area contributed by atoms with Crippen molar-refractivity contribution in [2.75, 3.05) is 0 Å². The van der Waals surface area contributed by atoms with Crippen LogP contribution in [0.25, 0.3) is 0 Å². The number of carbonyl (C=O) groups is 3. The van der Waals surface area contributed by atoms with Gasteiger partial charge in [0.2, 0.25) is 11.8 Å². The number of nitrogens with one attached hydrogen (secondary N) is 1. The number of hydrogen-bond donors (Lipinski definition) is 4. The van der Waals surface area contributed by atoms with Crippen LogP contribution in [-0.2, 0) is 14.4 Å². The number of carbonyl (C=O) groups excluding carboxylic acids is 2. The number of aliphatic carboxylic acids is 1. The monoisotopic (exact) mass is 365 g/mol. The van der Waals surface area contributed by atoms with Gasteiger partial charge in [0.05, 0.1) is 0 Å². The van der Waals surface area contributed by atoms with Crippen LogP contribution in [0.2, 0.25) is 0 Å². The fraction of sp³-hybridized carbons (Fsp3) is 0.438. The van der Waals surface area contributed by atoms with Crippen molar-refractivity contribution in [1.29, 1.82) is 0 Å². The molecular weight excluding hydrogens is 346 g/mol. The van der Waals surface area contributed by atoms with Crippen molar-refractivity contribution in [2.45, 2.75) is 42.1 Å². The average molecular weight is 365 g/mol. The molecule has 0 unspecified atom stereocenters. The number of phenolic OH excluding ortho intramolecular Hbond substituents is 1. The maximum atomic E-state index is 12.4. The van der Waals surface area contributed by atoms with Crippen LogP contribution in [-0.4, -0.2) is 55.1 Å². The fourth-order valence-corrected chi connectivity index (χ4v) is 4.88. The number of β-lactam (4-membered cyclic amide) rings is 1. The molecule has 0 saturated carbocycles. The van der Waals surface area contributed by atoms with E-state index in [0.29, 0.717) is 5.56 Å². The lowest BCUT2D eigenvalue weighted by molar-refractivity contribution is -0.161. The molecule has 2 fully saturated rings. The lowest BCUT2D eigenvalue weighted by atomic mass is 9.95. The second-order valence-electron chi connectivity index (χ2n) is 6.66. The lowest BCUT2D eigenvalue weighted by Gasteiger charge is -2.43. The van der Waals surface area contributed by atoms with Gasteiger partial charge in [0.1, 0.15) is 29.2 Å². The molecule has 0 radical (unpaired) electrons. The summed E-state index contributed by atoms with van der Waals surface area (Å²) < 4.78 is -0.654. The summed E-state index contributed by atoms with van der Waals surface area (Å²) >= 11 is 1.35. The van der Waals surface area contributed by atoms with E-state index in [-0.39, 0.29) is 5.75 Å². The predicted octanol–water partition coefficient (Wildman–Crippen LogP) is 0.0237. The number of thioether (sulfide) groups is 1. The maximum absolute atomic E-state index is 12.4. The maximum Gasteiger partial charge on any atom is 0.327 e. The predicted molar refractivity (Wildman–Crippen MR) is 90.7 cm³/mol. The van der Waals surface area contributed by atoms with Gasteiger partial charge in [-0.25, -0.2) is 4.79 Å². The van der Waals surface area contributed by atoms with Crippen LogP contribution in [0.4, 0.5) is 0 Å². The molecule has 134 valence electrons. The van der Waals surface area contributed by atoms with Gasteiger partial charge in [-0.05, 0) is 31.5 Å². The van der Waals surface area contributed by atoms with E-state index < -0.39 is 46.0 Å². The first-order valence-electron chi connectivity index (χ1n) is 7.71. The van der Waals surface area contributed by atoms with E-state index >= 15 is 0 Å². The number of fused-ring (bicyclic) bond motifs is 1. The number of nitrogens with two attached hydrogens (primary N) is 1. The second-order valence-corrected chi connectivity index (χ2v) is 8.43. The first-order chi connectivity index (χ1) is 11.6. The van der Waals surface area contributed by atoms with E-state index in [9.17, 15) is 24.6 Å². The zero-order chi connectivity index (χ0) is 18.5. The van der Waals surface area contributed by atoms with Crippen molar-refractivity contribution in [3.05, 3.63) is 29.8 Å². The minimum atomic E-state index is -1.06. The van der Waals surface area contributed by atoms with Gasteiger partial charge in [0, 0.05) is 4.75 Å². The molecule has 3 rings (SSSR count). The molecule has 2 aliphatic rings. The molecule has 2 saturated heterocycles. The fourth-order valence-electron chi connectivity index (χ4n) is 3.26. The molecule has 0 bridgehead atoms. The third-order valence-electron chi connectivity index (χ3n) is 4.48. The summed E-state index contributed by atoms with van der Waals surface area (Å²) in [5.41, 5.74) is 6.32. The summed E-state index contributed by atoms with van der Waals surface area (Å²) in [5, 5.41) is 21.0. The molecule has 9 heteroatoms. The van der Waals surface area contributed by atoms with Gasteiger partial charge in [-0.3, -0.25) is 9.59 Å². The third-order valence-corrected chi connectivity index (χ3v) is 6.06. The lowest BCUT2D eigenvalue weighted by Crippen LogP contribution is -2.71. The van der Waals surface area contributed by atoms with Crippen molar-refractivity contribution in [3.63, 3.8) is 0 Å². The molecule has 2 heterocycles. The number of carboxylic acid groups (broad SMARTS) is 1. The smallest absolute Gasteiger partial charge is 0.327 e. The van der Waals surface area contributed by atoms with Crippen molar-refractivity contribution < 1.29 is 24.6 Å². The van der Waals surface area contributed by atoms with Crippen LogP contribution in [0.1, 0.15) is 25.5 Å². The quantitative estimate of drug-likeness (QED) is 0.553. The molecule has 5 N–H and O–H groups in total. The molecule has 1 aromatic carbocycles. The van der Waals surface area contributed by atoms with E-state index in [4.69, 9.17) is 5.73 Å². The molecule has 8 nitrogen and oxygen atoms in total. The summed E-state index contributed by atoms with van der Waals surface area (Å²) in [5.74, 6) is -2.05. The van der Waals surface area contributed by atoms with Crippen molar-refractivity contribution in [3.8, 4) is 5.75 Å². The number of phenols is 1. The highest BCUT2D eigenvalue weighted by atomic mass is 32.2. The summed E-state index contributed by atoms with van der Waals surface area (Å²) in [7, 11) is 0. The summed E-state index contributed by atoms with van der Waals surface area (Å²) in [6.07, 6.45) is 0. The molecular formula is C16H19N3O5S. The average Bonchev–Trinajstić information content (AvgIpc) is 2.80. The zero-order valence-electron chi connectivity index (χ0n) is 13.7. The Kier molecular flexibility index (Phi) is 4.16. The highest BCUT2D eigenvalue weighted by molar-refractivity contribution is 8.01. The highest BCUT2D eigenvalue weighted by Crippen LogP contribution is 2.50. The Morgan fingerprint density at radius 3 is 2.68 bits per heavy atom. The molecule has 0 aromatic heterocycles. The molecule has 4 atom stereocenters. The first-order valence-corrected chi connectivity index (χ1v) is 8.59. The van der Waals surface area contributed by atoms with Gasteiger partial charge >= 0.3 is 5.97 Å². The van der Waals surface area contributed by atoms with Gasteiger partial charge in [-0.2, -0.15) is 0 Å². The van der Waals surface area contributed by atoms with E-state index in [1.54, 1.807) is 26.0 Å². The first kappa shape index (κ1) is 17.6. The molecule has 2 aliphatic heterocycles. The number of nitrogens with zero attached hydrogens (tertiary/aromatic N) is 1. The Labute approximate surface area is 148 Å². The van der Waals surface area contributed by atoms with Gasteiger partial charge in [-0.15, -0.1) is 11.8 Å². The minimum absolute atomic E-state index is 0.0101. The SMILES string of the molecule is CC1(C)S[C@@H]2[C@H](NC(=O)[C@H](N)c3cccc(O)c3)C(=O)N2[C@H]1C(=O)O. The Balaban J connectivity index is 1.72. The number of carboxylic acids is 1. The summed E-state index contributed by atoms with van der Waals surface area (Å²) in [6, 6.07) is 3.25. The molecule has 25 heavy (non-hydrogen) atoms. The highest BCUT2D eigenvalue weighted by Gasteiger charge is 2.64. The normalized spacial score (nSPS) is 28.0. The van der Waals surface area contributed by atoms with Gasteiger partial charge < -0.3 is 26.2 Å². The third kappa shape index (κ3) is 2.83. The number of rotatable bonds is 4. The Morgan fingerprint density at radius 1 is 1.40 bits per heavy atom. The largest absolute Gasteiger partial charge is 0.508 e. The minimum Gasteiger partial charge on any atom is -0.508 e. The van der Waals surface area contributed by atoms with Crippen LogP contribution in [0, 0.1) is 0 Å². The van der Waals surface area contributed by atoms with Gasteiger partial charge in [0.25, 0.3) is 0 Å². The van der Waals surface area contributed by atoms with Crippen LogP contribution in [0.15, 0.2) is 24.3 Å². The van der Waals surface area contributed by atoms with E-state index in [2.05, 4.69) is 5.32 Å². The van der Waals surface area contributed by atoms with Gasteiger partial charge in [-0.1, -0.05) is 12.1 Å². The summed E-state index contributed by atoms with van der Waals surface area (Å²) in [6.45, 7) is 3.53. The Morgan fingerprint density at radius 2 is 2.08 bits per heavy atom. The van der Waals surface area contributed by atoms with Crippen LogP contribution >= 0.6 is 11.8 Å². The number of benzene rings is 1. The number of hydrogen-bond acceptors (Lipinski definition) is 6. The number of amides is 2. The second kappa shape index (κ2) is 5.92. The van der Waals surface area contributed by atoms with Crippen LogP contribution in [0.3, 0.4) is 0 Å². The van der Waals surface area contributed by atoms with E-state index in [1.165, 1.54) is 28.8 Å². The molecule has 1 aromatic rings. The standard InChI is InChI=1S/C16H19N3O5S/c1-16(2)11(15(23)24)19-13(22)10(14(19)25-16)18-12(21)9(17)7-4-3-5-8(20)6-7/h3-6,9-11,14,20H,17H2,1-2H3,(H,18,21)(H,23,24)/t9-,10-,11+,14-/m1/s1. The van der Waals surface area contributed by atoms with Crippen molar-refractivity contribution in [2.24, 2.45) is 5.73 Å². The Hall–Kier alpha value is -2.26. The van der Waals surface area contributed by atoms with E-state index in [1.807, 2.05) is 0 Å². The van der Waals surface area contributed by atoms with Crippen LogP contribution < -0.4 is 11.1 Å². The zero-order valence-corrected chi connectivity index (χ0v) is 14.5. The topological polar surface area (TPSA) is 133 Å². The Bertz CT molecular complexity index is 753. The van der Waals surface area contributed by atoms with Crippen molar-refractivity contribution in [1.82, 2.24) is 10.2 Å². The van der Waals surface area contributed by atoms with Crippen LogP contribution in [0.5, 0.6) is 5.75 Å². The van der Waals surface area contributed by atoms with Crippen molar-refractivity contribution >= 4 is 29.5 Å².